The Morgan fingerprint density at radius 2 is 1.77 bits per heavy atom. The number of nitrogens with zero attached hydrogens (tertiary/aromatic N) is 1. The SMILES string of the molecule is C#CN(C(=O)CNC(=O)OC(C)(C)C)C(C(=O)NCCCCC)c1ccc(C)cc1. The highest BCUT2D eigenvalue weighted by Gasteiger charge is 2.31. The van der Waals surface area contributed by atoms with E-state index in [1.165, 1.54) is 0 Å². The third kappa shape index (κ3) is 8.56. The maximum Gasteiger partial charge on any atom is 0.408 e. The number of nitrogens with one attached hydrogen (secondary N) is 2. The second-order valence-electron chi connectivity index (χ2n) is 8.06. The molecule has 0 saturated heterocycles. The molecule has 1 rings (SSSR count). The molecule has 1 aromatic rings. The lowest BCUT2D eigenvalue weighted by Crippen LogP contribution is -2.46. The second kappa shape index (κ2) is 11.9. The average molecular weight is 416 g/mol. The standard InChI is InChI=1S/C23H33N3O4/c1-7-9-10-15-24-21(28)20(18-13-11-17(3)12-14-18)26(8-2)19(27)16-25-22(29)30-23(4,5)6/h2,11-14,20H,7,9-10,15-16H2,1,3-6H3,(H,24,28)(H,25,29). The number of unbranched alkanes of at least 4 members (excludes halogenated alkanes) is 2. The highest BCUT2D eigenvalue weighted by Crippen LogP contribution is 2.21. The van der Waals surface area contributed by atoms with Crippen molar-refractivity contribution in [3.63, 3.8) is 0 Å². The van der Waals surface area contributed by atoms with Crippen molar-refractivity contribution in [3.8, 4) is 12.5 Å². The van der Waals surface area contributed by atoms with Gasteiger partial charge < -0.3 is 15.4 Å². The van der Waals surface area contributed by atoms with Crippen LogP contribution in [0.15, 0.2) is 24.3 Å². The fourth-order valence-corrected chi connectivity index (χ4v) is 2.69. The summed E-state index contributed by atoms with van der Waals surface area (Å²) in [5, 5.41) is 5.24. The quantitative estimate of drug-likeness (QED) is 0.368. The zero-order valence-corrected chi connectivity index (χ0v) is 18.6. The monoisotopic (exact) mass is 415 g/mol. The molecule has 7 nitrogen and oxygen atoms in total. The van der Waals surface area contributed by atoms with Crippen molar-refractivity contribution in [2.45, 2.75) is 65.5 Å². The molecular weight excluding hydrogens is 382 g/mol. The first-order chi connectivity index (χ1) is 14.1. The first-order valence-corrected chi connectivity index (χ1v) is 10.2. The van der Waals surface area contributed by atoms with Gasteiger partial charge in [-0.05, 0) is 39.7 Å². The molecule has 2 N–H and O–H groups in total. The Hall–Kier alpha value is -3.01. The van der Waals surface area contributed by atoms with Crippen LogP contribution >= 0.6 is 0 Å². The van der Waals surface area contributed by atoms with Gasteiger partial charge in [0, 0.05) is 12.6 Å². The Balaban J connectivity index is 2.97. The van der Waals surface area contributed by atoms with E-state index in [-0.39, 0.29) is 12.5 Å². The van der Waals surface area contributed by atoms with E-state index >= 15 is 0 Å². The number of hydrogen-bond acceptors (Lipinski definition) is 4. The summed E-state index contributed by atoms with van der Waals surface area (Å²) in [5.41, 5.74) is 0.921. The van der Waals surface area contributed by atoms with Crippen molar-refractivity contribution in [1.82, 2.24) is 15.5 Å². The maximum atomic E-state index is 12.9. The third-order valence-electron chi connectivity index (χ3n) is 4.17. The highest BCUT2D eigenvalue weighted by molar-refractivity contribution is 5.91. The Morgan fingerprint density at radius 1 is 1.13 bits per heavy atom. The Kier molecular flexibility index (Phi) is 9.90. The number of benzene rings is 1. The minimum absolute atomic E-state index is 0.362. The first-order valence-electron chi connectivity index (χ1n) is 10.2. The zero-order valence-electron chi connectivity index (χ0n) is 18.6. The van der Waals surface area contributed by atoms with Crippen molar-refractivity contribution >= 4 is 17.9 Å². The number of rotatable bonds is 9. The lowest BCUT2D eigenvalue weighted by molar-refractivity contribution is -0.136. The van der Waals surface area contributed by atoms with Gasteiger partial charge in [-0.2, -0.15) is 0 Å². The molecule has 0 aromatic heterocycles. The second-order valence-corrected chi connectivity index (χ2v) is 8.06. The molecule has 0 radical (unpaired) electrons. The zero-order chi connectivity index (χ0) is 22.7. The van der Waals surface area contributed by atoms with E-state index in [0.29, 0.717) is 12.1 Å². The van der Waals surface area contributed by atoms with Gasteiger partial charge in [-0.15, -0.1) is 0 Å². The number of ether oxygens (including phenoxy) is 1. The molecule has 1 unspecified atom stereocenters. The van der Waals surface area contributed by atoms with E-state index in [4.69, 9.17) is 11.2 Å². The molecule has 0 fully saturated rings. The van der Waals surface area contributed by atoms with Crippen LogP contribution in [0, 0.1) is 19.4 Å². The summed E-state index contributed by atoms with van der Waals surface area (Å²) in [6, 6.07) is 8.55. The molecular formula is C23H33N3O4. The van der Waals surface area contributed by atoms with Crippen LogP contribution in [-0.4, -0.2) is 41.5 Å². The van der Waals surface area contributed by atoms with Crippen LogP contribution in [0.4, 0.5) is 4.79 Å². The Bertz CT molecular complexity index is 760. The van der Waals surface area contributed by atoms with Gasteiger partial charge in [-0.1, -0.05) is 56.0 Å². The van der Waals surface area contributed by atoms with Crippen LogP contribution in [0.3, 0.4) is 0 Å². The molecule has 0 aliphatic carbocycles. The van der Waals surface area contributed by atoms with Gasteiger partial charge in [-0.3, -0.25) is 14.5 Å². The number of aryl methyl sites for hydroxylation is 1. The lowest BCUT2D eigenvalue weighted by Gasteiger charge is -2.27. The molecule has 0 heterocycles. The van der Waals surface area contributed by atoms with Crippen LogP contribution in [-0.2, 0) is 14.3 Å². The molecule has 1 atom stereocenters. The van der Waals surface area contributed by atoms with Crippen molar-refractivity contribution in [3.05, 3.63) is 35.4 Å². The Labute approximate surface area is 179 Å². The average Bonchev–Trinajstić information content (AvgIpc) is 2.67. The van der Waals surface area contributed by atoms with Crippen molar-refractivity contribution in [2.24, 2.45) is 0 Å². The number of alkyl carbamates (subject to hydrolysis) is 1. The predicted octanol–water partition coefficient (Wildman–Crippen LogP) is 3.29. The van der Waals surface area contributed by atoms with Crippen LogP contribution in [0.2, 0.25) is 0 Å². The minimum atomic E-state index is -0.995. The molecule has 7 heteroatoms. The highest BCUT2D eigenvalue weighted by atomic mass is 16.6. The lowest BCUT2D eigenvalue weighted by atomic mass is 10.0. The van der Waals surface area contributed by atoms with Gasteiger partial charge in [0.15, 0.2) is 0 Å². The van der Waals surface area contributed by atoms with E-state index < -0.39 is 23.6 Å². The van der Waals surface area contributed by atoms with E-state index in [2.05, 4.69) is 23.6 Å². The molecule has 0 aliphatic heterocycles. The maximum absolute atomic E-state index is 12.9. The summed E-state index contributed by atoms with van der Waals surface area (Å²) >= 11 is 0. The van der Waals surface area contributed by atoms with Crippen LogP contribution in [0.5, 0.6) is 0 Å². The summed E-state index contributed by atoms with van der Waals surface area (Å²) in [4.78, 5) is 38.5. The van der Waals surface area contributed by atoms with Gasteiger partial charge >= 0.3 is 6.09 Å². The number of terminal acetylenes is 1. The molecule has 30 heavy (non-hydrogen) atoms. The van der Waals surface area contributed by atoms with Gasteiger partial charge in [0.1, 0.15) is 18.2 Å². The number of amides is 3. The summed E-state index contributed by atoms with van der Waals surface area (Å²) < 4.78 is 5.13. The fraction of sp³-hybridized carbons (Fsp3) is 0.522. The van der Waals surface area contributed by atoms with Crippen LogP contribution in [0.25, 0.3) is 0 Å². The third-order valence-corrected chi connectivity index (χ3v) is 4.17. The van der Waals surface area contributed by atoms with Gasteiger partial charge in [0.25, 0.3) is 5.91 Å². The van der Waals surface area contributed by atoms with Crippen LogP contribution in [0.1, 0.15) is 64.1 Å². The molecule has 1 aromatic carbocycles. The summed E-state index contributed by atoms with van der Waals surface area (Å²) in [6.07, 6.45) is 7.73. The van der Waals surface area contributed by atoms with Gasteiger partial charge in [0.2, 0.25) is 5.91 Å². The van der Waals surface area contributed by atoms with Gasteiger partial charge in [0.05, 0.1) is 0 Å². The van der Waals surface area contributed by atoms with E-state index in [1.807, 2.05) is 19.1 Å². The topological polar surface area (TPSA) is 87.7 Å². The van der Waals surface area contributed by atoms with Crippen molar-refractivity contribution in [2.75, 3.05) is 13.1 Å². The number of carbonyl (C=O) groups excluding carboxylic acids is 3. The van der Waals surface area contributed by atoms with Crippen molar-refractivity contribution < 1.29 is 19.1 Å². The molecule has 0 saturated carbocycles. The number of hydrogen-bond donors (Lipinski definition) is 2. The minimum Gasteiger partial charge on any atom is -0.444 e. The molecule has 164 valence electrons. The smallest absolute Gasteiger partial charge is 0.408 e. The summed E-state index contributed by atoms with van der Waals surface area (Å²) in [5.74, 6) is -0.948. The van der Waals surface area contributed by atoms with E-state index in [1.54, 1.807) is 32.9 Å². The largest absolute Gasteiger partial charge is 0.444 e. The van der Waals surface area contributed by atoms with Gasteiger partial charge in [-0.25, -0.2) is 4.79 Å². The predicted molar refractivity (Wildman–Crippen MR) is 116 cm³/mol. The Morgan fingerprint density at radius 3 is 2.30 bits per heavy atom. The van der Waals surface area contributed by atoms with E-state index in [0.717, 1.165) is 29.7 Å². The molecule has 0 aliphatic rings. The summed E-state index contributed by atoms with van der Waals surface area (Å²) in [6.45, 7) is 9.28. The first kappa shape index (κ1) is 25.0. The summed E-state index contributed by atoms with van der Waals surface area (Å²) in [7, 11) is 0. The fourth-order valence-electron chi connectivity index (χ4n) is 2.69. The van der Waals surface area contributed by atoms with Crippen molar-refractivity contribution in [1.29, 1.82) is 0 Å². The molecule has 3 amide bonds. The van der Waals surface area contributed by atoms with Crippen LogP contribution < -0.4 is 10.6 Å². The van der Waals surface area contributed by atoms with E-state index in [9.17, 15) is 14.4 Å². The molecule has 0 bridgehead atoms. The normalized spacial score (nSPS) is 11.7. The molecule has 0 spiro atoms. The number of carbonyl (C=O) groups is 3.